The Morgan fingerprint density at radius 2 is 2.33 bits per heavy atom. The Morgan fingerprint density at radius 1 is 1.47 bits per heavy atom. The first kappa shape index (κ1) is 10.2. The third kappa shape index (κ3) is 2.18. The van der Waals surface area contributed by atoms with Gasteiger partial charge in [-0.05, 0) is 18.6 Å². The van der Waals surface area contributed by atoms with Crippen LogP contribution in [0.4, 0.5) is 0 Å². The maximum absolute atomic E-state index is 12.0. The summed E-state index contributed by atoms with van der Waals surface area (Å²) in [6, 6.07) is 3.43. The number of halogens is 1. The van der Waals surface area contributed by atoms with Gasteiger partial charge in [-0.2, -0.15) is 0 Å². The first-order chi connectivity index (χ1) is 7.29. The normalized spacial score (nSPS) is 15.4. The Bertz CT molecular complexity index is 403. The maximum atomic E-state index is 12.0. The molecule has 2 heterocycles. The highest BCUT2D eigenvalue weighted by Crippen LogP contribution is 2.15. The van der Waals surface area contributed by atoms with Crippen molar-refractivity contribution in [3.8, 4) is 0 Å². The highest BCUT2D eigenvalue weighted by Gasteiger charge is 2.18. The summed E-state index contributed by atoms with van der Waals surface area (Å²) in [7, 11) is 0. The second kappa shape index (κ2) is 4.45. The second-order valence-corrected chi connectivity index (χ2v) is 3.71. The number of carbonyl (C=O) groups excluding carboxylic acids is 1. The van der Waals surface area contributed by atoms with Crippen molar-refractivity contribution in [3.05, 3.63) is 41.2 Å². The van der Waals surface area contributed by atoms with Crippen LogP contribution < -0.4 is 0 Å². The molecule has 0 fully saturated rings. The number of hydrogen-bond acceptors (Lipinski definition) is 2. The Kier molecular flexibility index (Phi) is 3.02. The van der Waals surface area contributed by atoms with Crippen LogP contribution in [0, 0.1) is 0 Å². The number of pyridine rings is 1. The molecule has 0 spiro atoms. The van der Waals surface area contributed by atoms with E-state index in [1.165, 1.54) is 0 Å². The topological polar surface area (TPSA) is 33.2 Å². The fraction of sp³-hybridized carbons (Fsp3) is 0.273. The van der Waals surface area contributed by atoms with E-state index in [0.29, 0.717) is 12.1 Å². The molecule has 4 heteroatoms. The summed E-state index contributed by atoms with van der Waals surface area (Å²) in [5.41, 5.74) is 0.481. The molecule has 0 saturated heterocycles. The Morgan fingerprint density at radius 3 is 3.00 bits per heavy atom. The van der Waals surface area contributed by atoms with Gasteiger partial charge in [0.2, 0.25) is 0 Å². The van der Waals surface area contributed by atoms with Crippen molar-refractivity contribution in [2.45, 2.75) is 6.42 Å². The standard InChI is InChI=1S/C11H11ClN2O/c12-10-9(5-4-6-13-10)11(15)14-7-2-1-3-8-14/h1-2,4-6H,3,7-8H2. The highest BCUT2D eigenvalue weighted by atomic mass is 35.5. The lowest BCUT2D eigenvalue weighted by Crippen LogP contribution is -2.33. The van der Waals surface area contributed by atoms with E-state index in [0.717, 1.165) is 13.0 Å². The van der Waals surface area contributed by atoms with Crippen molar-refractivity contribution in [2.24, 2.45) is 0 Å². The lowest BCUT2D eigenvalue weighted by Gasteiger charge is -2.23. The minimum Gasteiger partial charge on any atom is -0.335 e. The van der Waals surface area contributed by atoms with Crippen LogP contribution in [0.15, 0.2) is 30.5 Å². The smallest absolute Gasteiger partial charge is 0.257 e. The van der Waals surface area contributed by atoms with Gasteiger partial charge in [0, 0.05) is 19.3 Å². The van der Waals surface area contributed by atoms with Crippen LogP contribution in [0.1, 0.15) is 16.8 Å². The first-order valence-electron chi connectivity index (χ1n) is 4.84. The molecular formula is C11H11ClN2O. The first-order valence-corrected chi connectivity index (χ1v) is 5.21. The minimum absolute atomic E-state index is 0.0440. The lowest BCUT2D eigenvalue weighted by atomic mass is 10.2. The molecule has 3 nitrogen and oxygen atoms in total. The van der Waals surface area contributed by atoms with Crippen LogP contribution in [0.5, 0.6) is 0 Å². The molecular weight excluding hydrogens is 212 g/mol. The average Bonchev–Trinajstić information content (AvgIpc) is 2.30. The van der Waals surface area contributed by atoms with E-state index >= 15 is 0 Å². The van der Waals surface area contributed by atoms with Crippen molar-refractivity contribution in [1.82, 2.24) is 9.88 Å². The van der Waals surface area contributed by atoms with Gasteiger partial charge in [0.1, 0.15) is 5.15 Å². The van der Waals surface area contributed by atoms with E-state index in [1.54, 1.807) is 23.2 Å². The van der Waals surface area contributed by atoms with Gasteiger partial charge in [-0.25, -0.2) is 4.98 Å². The van der Waals surface area contributed by atoms with E-state index in [-0.39, 0.29) is 11.1 Å². The quantitative estimate of drug-likeness (QED) is 0.539. The van der Waals surface area contributed by atoms with Crippen molar-refractivity contribution in [2.75, 3.05) is 13.1 Å². The van der Waals surface area contributed by atoms with Gasteiger partial charge in [0.25, 0.3) is 5.91 Å². The molecule has 0 saturated carbocycles. The Labute approximate surface area is 93.4 Å². The number of hydrogen-bond donors (Lipinski definition) is 0. The number of rotatable bonds is 1. The second-order valence-electron chi connectivity index (χ2n) is 3.35. The van der Waals surface area contributed by atoms with Crippen LogP contribution in [0.2, 0.25) is 5.15 Å². The monoisotopic (exact) mass is 222 g/mol. The molecule has 1 aliphatic rings. The van der Waals surface area contributed by atoms with Crippen molar-refractivity contribution in [3.63, 3.8) is 0 Å². The molecule has 0 aliphatic carbocycles. The maximum Gasteiger partial charge on any atom is 0.257 e. The molecule has 0 bridgehead atoms. The SMILES string of the molecule is O=C(c1cccnc1Cl)N1CC=CCC1. The van der Waals surface area contributed by atoms with Crippen molar-refractivity contribution < 1.29 is 4.79 Å². The number of carbonyl (C=O) groups is 1. The molecule has 2 rings (SSSR count). The van der Waals surface area contributed by atoms with E-state index in [2.05, 4.69) is 11.1 Å². The van der Waals surface area contributed by atoms with Gasteiger partial charge in [0.05, 0.1) is 5.56 Å². The molecule has 0 unspecified atom stereocenters. The van der Waals surface area contributed by atoms with E-state index in [4.69, 9.17) is 11.6 Å². The molecule has 1 aromatic rings. The van der Waals surface area contributed by atoms with Gasteiger partial charge in [-0.3, -0.25) is 4.79 Å². The van der Waals surface area contributed by atoms with Crippen LogP contribution in [0.3, 0.4) is 0 Å². The largest absolute Gasteiger partial charge is 0.335 e. The van der Waals surface area contributed by atoms with Crippen LogP contribution in [-0.2, 0) is 0 Å². The third-order valence-corrected chi connectivity index (χ3v) is 2.64. The fourth-order valence-corrected chi connectivity index (χ4v) is 1.74. The van der Waals surface area contributed by atoms with Gasteiger partial charge in [0.15, 0.2) is 0 Å². The van der Waals surface area contributed by atoms with Gasteiger partial charge in [-0.1, -0.05) is 23.8 Å². The molecule has 1 amide bonds. The van der Waals surface area contributed by atoms with Gasteiger partial charge < -0.3 is 4.90 Å². The Hall–Kier alpha value is -1.35. The molecule has 15 heavy (non-hydrogen) atoms. The Balaban J connectivity index is 2.20. The highest BCUT2D eigenvalue weighted by molar-refractivity contribution is 6.32. The summed E-state index contributed by atoms with van der Waals surface area (Å²) in [5, 5.41) is 0.275. The molecule has 78 valence electrons. The fourth-order valence-electron chi connectivity index (χ4n) is 1.54. The summed E-state index contributed by atoms with van der Waals surface area (Å²) in [4.78, 5) is 17.6. The summed E-state index contributed by atoms with van der Waals surface area (Å²) >= 11 is 5.86. The van der Waals surface area contributed by atoms with Crippen LogP contribution in [0.25, 0.3) is 0 Å². The molecule has 1 aromatic heterocycles. The molecule has 0 radical (unpaired) electrons. The predicted octanol–water partition coefficient (Wildman–Crippen LogP) is 2.14. The van der Waals surface area contributed by atoms with Crippen LogP contribution in [-0.4, -0.2) is 28.9 Å². The summed E-state index contributed by atoms with van der Waals surface area (Å²) in [5.74, 6) is -0.0440. The zero-order valence-electron chi connectivity index (χ0n) is 8.19. The molecule has 0 N–H and O–H groups in total. The lowest BCUT2D eigenvalue weighted by molar-refractivity contribution is 0.0771. The van der Waals surface area contributed by atoms with Gasteiger partial charge in [-0.15, -0.1) is 0 Å². The number of nitrogens with zero attached hydrogens (tertiary/aromatic N) is 2. The summed E-state index contributed by atoms with van der Waals surface area (Å²) < 4.78 is 0. The van der Waals surface area contributed by atoms with Crippen molar-refractivity contribution in [1.29, 1.82) is 0 Å². The number of aromatic nitrogens is 1. The molecule has 1 aliphatic heterocycles. The summed E-state index contributed by atoms with van der Waals surface area (Å²) in [6.07, 6.45) is 6.55. The zero-order chi connectivity index (χ0) is 10.7. The zero-order valence-corrected chi connectivity index (χ0v) is 8.94. The molecule has 0 aromatic carbocycles. The number of amides is 1. The average molecular weight is 223 g/mol. The van der Waals surface area contributed by atoms with E-state index in [1.807, 2.05) is 6.08 Å². The molecule has 0 atom stereocenters. The predicted molar refractivity (Wildman–Crippen MR) is 58.9 cm³/mol. The summed E-state index contributed by atoms with van der Waals surface area (Å²) in [6.45, 7) is 1.41. The van der Waals surface area contributed by atoms with E-state index in [9.17, 15) is 4.79 Å². The van der Waals surface area contributed by atoms with Gasteiger partial charge >= 0.3 is 0 Å². The van der Waals surface area contributed by atoms with Crippen LogP contribution >= 0.6 is 11.6 Å². The van der Waals surface area contributed by atoms with Crippen molar-refractivity contribution >= 4 is 17.5 Å². The third-order valence-electron chi connectivity index (χ3n) is 2.33. The minimum atomic E-state index is -0.0440. The van der Waals surface area contributed by atoms with E-state index < -0.39 is 0 Å².